The van der Waals surface area contributed by atoms with Gasteiger partial charge in [0.05, 0.1) is 6.26 Å². The number of furan rings is 1. The van der Waals surface area contributed by atoms with E-state index in [1.165, 1.54) is 6.26 Å². The Kier molecular flexibility index (Phi) is 6.01. The molecule has 1 atom stereocenters. The van der Waals surface area contributed by atoms with E-state index in [1.807, 2.05) is 24.3 Å². The first-order valence-corrected chi connectivity index (χ1v) is 8.05. The van der Waals surface area contributed by atoms with E-state index < -0.39 is 11.9 Å². The summed E-state index contributed by atoms with van der Waals surface area (Å²) in [4.78, 5) is 26.3. The molecule has 128 valence electrons. The number of nitrogens with one attached hydrogen (secondary N) is 2. The van der Waals surface area contributed by atoms with Crippen molar-refractivity contribution in [3.8, 4) is 0 Å². The van der Waals surface area contributed by atoms with Crippen molar-refractivity contribution in [2.75, 3.05) is 23.3 Å². The molecular weight excluding hydrogens is 306 g/mol. The third-order valence-electron chi connectivity index (χ3n) is 3.75. The summed E-state index contributed by atoms with van der Waals surface area (Å²) in [6.07, 6.45) is 1.41. The number of rotatable bonds is 7. The van der Waals surface area contributed by atoms with Crippen LogP contribution in [-0.4, -0.2) is 30.9 Å². The Hall–Kier alpha value is -2.76. The number of carbonyl (C=O) groups excluding carboxylic acids is 2. The van der Waals surface area contributed by atoms with Gasteiger partial charge in [0.2, 0.25) is 5.91 Å². The molecular formula is C18H23N3O3. The zero-order chi connectivity index (χ0) is 17.5. The minimum atomic E-state index is -0.676. The lowest BCUT2D eigenvalue weighted by Crippen LogP contribution is -2.41. The Morgan fingerprint density at radius 2 is 1.79 bits per heavy atom. The van der Waals surface area contributed by atoms with Crippen LogP contribution >= 0.6 is 0 Å². The second-order valence-electron chi connectivity index (χ2n) is 5.38. The highest BCUT2D eigenvalue weighted by atomic mass is 16.3. The second-order valence-corrected chi connectivity index (χ2v) is 5.38. The van der Waals surface area contributed by atoms with Crippen LogP contribution < -0.4 is 15.5 Å². The number of benzene rings is 1. The monoisotopic (exact) mass is 329 g/mol. The summed E-state index contributed by atoms with van der Waals surface area (Å²) in [6.45, 7) is 7.68. The summed E-state index contributed by atoms with van der Waals surface area (Å²) in [6, 6.07) is 10.1. The van der Waals surface area contributed by atoms with Gasteiger partial charge in [0, 0.05) is 24.5 Å². The van der Waals surface area contributed by atoms with Gasteiger partial charge < -0.3 is 20.0 Å². The van der Waals surface area contributed by atoms with Crippen molar-refractivity contribution in [3.05, 3.63) is 48.4 Å². The molecule has 0 aliphatic heterocycles. The van der Waals surface area contributed by atoms with Crippen LogP contribution in [0.4, 0.5) is 11.4 Å². The summed E-state index contributed by atoms with van der Waals surface area (Å²) in [5.74, 6) is -0.525. The molecule has 2 N–H and O–H groups in total. The molecule has 24 heavy (non-hydrogen) atoms. The summed E-state index contributed by atoms with van der Waals surface area (Å²) in [5, 5.41) is 5.39. The van der Waals surface area contributed by atoms with Gasteiger partial charge in [-0.25, -0.2) is 0 Å². The van der Waals surface area contributed by atoms with E-state index in [0.717, 1.165) is 18.8 Å². The van der Waals surface area contributed by atoms with Gasteiger partial charge >= 0.3 is 0 Å². The molecule has 2 rings (SSSR count). The maximum Gasteiger partial charge on any atom is 0.287 e. The lowest BCUT2D eigenvalue weighted by Gasteiger charge is -2.21. The quantitative estimate of drug-likeness (QED) is 0.819. The molecule has 0 bridgehead atoms. The standard InChI is InChI=1S/C18H23N3O3/c1-4-21(5-2)15-10-8-14(9-11-15)20-17(22)13(3)19-18(23)16-7-6-12-24-16/h6-13H,4-5H2,1-3H3,(H,19,23)(H,20,22). The van der Waals surface area contributed by atoms with Crippen molar-refractivity contribution < 1.29 is 14.0 Å². The Labute approximate surface area is 141 Å². The molecule has 1 heterocycles. The molecule has 0 aliphatic rings. The van der Waals surface area contributed by atoms with E-state index in [-0.39, 0.29) is 11.7 Å². The molecule has 0 radical (unpaired) electrons. The van der Waals surface area contributed by atoms with E-state index >= 15 is 0 Å². The van der Waals surface area contributed by atoms with Gasteiger partial charge in [-0.2, -0.15) is 0 Å². The average molecular weight is 329 g/mol. The molecule has 0 spiro atoms. The molecule has 0 saturated carbocycles. The summed E-state index contributed by atoms with van der Waals surface area (Å²) < 4.78 is 5.00. The van der Waals surface area contributed by atoms with Crippen LogP contribution in [0.2, 0.25) is 0 Å². The fourth-order valence-corrected chi connectivity index (χ4v) is 2.34. The van der Waals surface area contributed by atoms with Crippen molar-refractivity contribution in [2.24, 2.45) is 0 Å². The molecule has 1 unspecified atom stereocenters. The van der Waals surface area contributed by atoms with Crippen molar-refractivity contribution in [1.82, 2.24) is 5.32 Å². The van der Waals surface area contributed by atoms with Crippen LogP contribution in [0.5, 0.6) is 0 Å². The highest BCUT2D eigenvalue weighted by Gasteiger charge is 2.18. The number of hydrogen-bond acceptors (Lipinski definition) is 4. The first kappa shape index (κ1) is 17.6. The fraction of sp³-hybridized carbons (Fsp3) is 0.333. The third-order valence-corrected chi connectivity index (χ3v) is 3.75. The highest BCUT2D eigenvalue weighted by molar-refractivity contribution is 5.99. The lowest BCUT2D eigenvalue weighted by atomic mass is 10.2. The largest absolute Gasteiger partial charge is 0.459 e. The van der Waals surface area contributed by atoms with E-state index in [0.29, 0.717) is 5.69 Å². The van der Waals surface area contributed by atoms with E-state index in [1.54, 1.807) is 19.1 Å². The number of hydrogen-bond donors (Lipinski definition) is 2. The SMILES string of the molecule is CCN(CC)c1ccc(NC(=O)C(C)NC(=O)c2ccco2)cc1. The smallest absolute Gasteiger partial charge is 0.287 e. The lowest BCUT2D eigenvalue weighted by molar-refractivity contribution is -0.117. The van der Waals surface area contributed by atoms with E-state index in [2.05, 4.69) is 29.4 Å². The normalized spacial score (nSPS) is 11.6. The molecule has 1 aromatic carbocycles. The first-order chi connectivity index (χ1) is 11.5. The third kappa shape index (κ3) is 4.38. The molecule has 0 fully saturated rings. The van der Waals surface area contributed by atoms with Gasteiger partial charge in [0.25, 0.3) is 5.91 Å². The average Bonchev–Trinajstić information content (AvgIpc) is 3.12. The van der Waals surface area contributed by atoms with Crippen LogP contribution in [0, 0.1) is 0 Å². The Morgan fingerprint density at radius 3 is 2.33 bits per heavy atom. The summed E-state index contributed by atoms with van der Waals surface area (Å²) >= 11 is 0. The van der Waals surface area contributed by atoms with Gasteiger partial charge in [-0.3, -0.25) is 9.59 Å². The number of carbonyl (C=O) groups is 2. The Balaban J connectivity index is 1.92. The minimum Gasteiger partial charge on any atom is -0.459 e. The van der Waals surface area contributed by atoms with E-state index in [4.69, 9.17) is 4.42 Å². The number of anilines is 2. The van der Waals surface area contributed by atoms with Gasteiger partial charge in [0.1, 0.15) is 6.04 Å². The molecule has 6 nitrogen and oxygen atoms in total. The molecule has 2 amide bonds. The molecule has 2 aromatic rings. The molecule has 6 heteroatoms. The van der Waals surface area contributed by atoms with Crippen molar-refractivity contribution in [2.45, 2.75) is 26.8 Å². The molecule has 1 aromatic heterocycles. The topological polar surface area (TPSA) is 74.6 Å². The fourth-order valence-electron chi connectivity index (χ4n) is 2.34. The zero-order valence-corrected chi connectivity index (χ0v) is 14.2. The van der Waals surface area contributed by atoms with Gasteiger partial charge in [0.15, 0.2) is 5.76 Å². The zero-order valence-electron chi connectivity index (χ0n) is 14.2. The van der Waals surface area contributed by atoms with Gasteiger partial charge in [-0.1, -0.05) is 0 Å². The summed E-state index contributed by atoms with van der Waals surface area (Å²) in [7, 11) is 0. The maximum absolute atomic E-state index is 12.2. The van der Waals surface area contributed by atoms with E-state index in [9.17, 15) is 9.59 Å². The predicted octanol–water partition coefficient (Wildman–Crippen LogP) is 2.88. The van der Waals surface area contributed by atoms with Crippen molar-refractivity contribution >= 4 is 23.2 Å². The van der Waals surface area contributed by atoms with Crippen LogP contribution in [0.3, 0.4) is 0 Å². The predicted molar refractivity (Wildman–Crippen MR) is 94.3 cm³/mol. The first-order valence-electron chi connectivity index (χ1n) is 8.05. The maximum atomic E-state index is 12.2. The van der Waals surface area contributed by atoms with Crippen LogP contribution in [0.25, 0.3) is 0 Å². The Bertz CT molecular complexity index is 661. The molecule has 0 saturated heterocycles. The van der Waals surface area contributed by atoms with Crippen LogP contribution in [-0.2, 0) is 4.79 Å². The number of nitrogens with zero attached hydrogens (tertiary/aromatic N) is 1. The van der Waals surface area contributed by atoms with Crippen molar-refractivity contribution in [1.29, 1.82) is 0 Å². The number of amides is 2. The summed E-state index contributed by atoms with van der Waals surface area (Å²) in [5.41, 5.74) is 1.80. The minimum absolute atomic E-state index is 0.179. The second kappa shape index (κ2) is 8.19. The van der Waals surface area contributed by atoms with Gasteiger partial charge in [-0.15, -0.1) is 0 Å². The van der Waals surface area contributed by atoms with Gasteiger partial charge in [-0.05, 0) is 57.2 Å². The molecule has 0 aliphatic carbocycles. The Morgan fingerprint density at radius 1 is 1.12 bits per heavy atom. The van der Waals surface area contributed by atoms with Crippen LogP contribution in [0.15, 0.2) is 47.1 Å². The van der Waals surface area contributed by atoms with Crippen LogP contribution in [0.1, 0.15) is 31.3 Å². The highest BCUT2D eigenvalue weighted by Crippen LogP contribution is 2.17. The van der Waals surface area contributed by atoms with Crippen molar-refractivity contribution in [3.63, 3.8) is 0 Å².